The monoisotopic (exact) mass is 301 g/mol. The Morgan fingerprint density at radius 3 is 2.60 bits per heavy atom. The van der Waals surface area contributed by atoms with Crippen molar-refractivity contribution < 1.29 is 9.53 Å². The number of hydrogen-bond donors (Lipinski definition) is 1. The summed E-state index contributed by atoms with van der Waals surface area (Å²) < 4.78 is 4.72. The van der Waals surface area contributed by atoms with Crippen molar-refractivity contribution in [1.29, 1.82) is 0 Å². The van der Waals surface area contributed by atoms with Crippen LogP contribution < -0.4 is 5.32 Å². The van der Waals surface area contributed by atoms with Gasteiger partial charge < -0.3 is 10.1 Å². The molecule has 0 aromatic heterocycles. The van der Waals surface area contributed by atoms with Crippen LogP contribution in [0.15, 0.2) is 0 Å². The number of thioether (sulfide) groups is 1. The summed E-state index contributed by atoms with van der Waals surface area (Å²) in [4.78, 5) is 11.2. The normalized spacial score (nSPS) is 27.4. The molecule has 0 heterocycles. The lowest BCUT2D eigenvalue weighted by Gasteiger charge is -2.42. The molecule has 0 amide bonds. The molecule has 3 unspecified atom stereocenters. The minimum atomic E-state index is -0.0966. The number of hydrogen-bond acceptors (Lipinski definition) is 4. The number of nitrogens with one attached hydrogen (secondary N) is 1. The van der Waals surface area contributed by atoms with Crippen LogP contribution in [0.1, 0.15) is 53.4 Å². The van der Waals surface area contributed by atoms with Gasteiger partial charge in [0.05, 0.1) is 13.5 Å². The van der Waals surface area contributed by atoms with Gasteiger partial charge in [0.15, 0.2) is 0 Å². The highest BCUT2D eigenvalue weighted by Gasteiger charge is 2.35. The number of methoxy groups -OCH3 is 1. The van der Waals surface area contributed by atoms with E-state index in [1.807, 2.05) is 11.8 Å². The molecule has 118 valence electrons. The lowest BCUT2D eigenvalue weighted by Crippen LogP contribution is -2.44. The summed E-state index contributed by atoms with van der Waals surface area (Å²) in [7, 11) is 1.46. The zero-order chi connectivity index (χ0) is 15.2. The summed E-state index contributed by atoms with van der Waals surface area (Å²) in [5.74, 6) is 1.56. The lowest BCUT2D eigenvalue weighted by molar-refractivity contribution is -0.140. The highest BCUT2D eigenvalue weighted by Crippen LogP contribution is 2.41. The molecule has 4 heteroatoms. The second-order valence-electron chi connectivity index (χ2n) is 6.78. The van der Waals surface area contributed by atoms with E-state index in [4.69, 9.17) is 4.74 Å². The van der Waals surface area contributed by atoms with E-state index in [1.54, 1.807) is 0 Å². The number of esters is 1. The highest BCUT2D eigenvalue weighted by molar-refractivity contribution is 7.99. The Bertz CT molecular complexity index is 301. The summed E-state index contributed by atoms with van der Waals surface area (Å²) >= 11 is 1.95. The van der Waals surface area contributed by atoms with Crippen molar-refractivity contribution in [2.45, 2.75) is 64.7 Å². The van der Waals surface area contributed by atoms with E-state index < -0.39 is 0 Å². The largest absolute Gasteiger partial charge is 0.469 e. The van der Waals surface area contributed by atoms with Crippen LogP contribution in [-0.4, -0.2) is 36.7 Å². The Morgan fingerprint density at radius 2 is 2.05 bits per heavy atom. The topological polar surface area (TPSA) is 38.3 Å². The molecule has 3 nitrogen and oxygen atoms in total. The third kappa shape index (κ3) is 5.65. The molecule has 0 saturated heterocycles. The minimum Gasteiger partial charge on any atom is -0.469 e. The first-order valence-electron chi connectivity index (χ1n) is 7.80. The third-order valence-electron chi connectivity index (χ3n) is 4.35. The van der Waals surface area contributed by atoms with E-state index in [9.17, 15) is 4.79 Å². The van der Waals surface area contributed by atoms with E-state index in [0.29, 0.717) is 23.1 Å². The maximum absolute atomic E-state index is 11.2. The average molecular weight is 301 g/mol. The molecule has 1 rings (SSSR count). The van der Waals surface area contributed by atoms with Gasteiger partial charge in [-0.05, 0) is 37.1 Å². The second kappa shape index (κ2) is 8.28. The fourth-order valence-electron chi connectivity index (χ4n) is 2.99. The summed E-state index contributed by atoms with van der Waals surface area (Å²) in [6, 6.07) is 0.598. The second-order valence-corrected chi connectivity index (χ2v) is 8.12. The Labute approximate surface area is 128 Å². The molecule has 3 atom stereocenters. The molecule has 0 aliphatic heterocycles. The van der Waals surface area contributed by atoms with Crippen molar-refractivity contribution in [1.82, 2.24) is 5.32 Å². The van der Waals surface area contributed by atoms with Gasteiger partial charge >= 0.3 is 5.97 Å². The van der Waals surface area contributed by atoms with Crippen LogP contribution in [0, 0.1) is 11.3 Å². The summed E-state index contributed by atoms with van der Waals surface area (Å²) in [6.07, 6.45) is 4.35. The molecule has 0 radical (unpaired) electrons. The van der Waals surface area contributed by atoms with Gasteiger partial charge in [-0.25, -0.2) is 0 Å². The molecular weight excluding hydrogens is 270 g/mol. The Kier molecular flexibility index (Phi) is 7.38. The maximum atomic E-state index is 11.2. The molecule has 0 aromatic rings. The molecule has 0 bridgehead atoms. The van der Waals surface area contributed by atoms with E-state index in [2.05, 4.69) is 33.0 Å². The molecule has 1 aliphatic carbocycles. The van der Waals surface area contributed by atoms with Crippen LogP contribution in [0.3, 0.4) is 0 Å². The van der Waals surface area contributed by atoms with Crippen LogP contribution in [0.25, 0.3) is 0 Å². The zero-order valence-corrected chi connectivity index (χ0v) is 14.5. The summed E-state index contributed by atoms with van der Waals surface area (Å²) in [5.41, 5.74) is 0.387. The van der Waals surface area contributed by atoms with Crippen LogP contribution >= 0.6 is 11.8 Å². The van der Waals surface area contributed by atoms with Gasteiger partial charge in [-0.15, -0.1) is 0 Å². The summed E-state index contributed by atoms with van der Waals surface area (Å²) in [6.45, 7) is 10.2. The highest BCUT2D eigenvalue weighted by atomic mass is 32.2. The van der Waals surface area contributed by atoms with E-state index in [-0.39, 0.29) is 5.97 Å². The Balaban J connectivity index is 2.52. The van der Waals surface area contributed by atoms with Crippen molar-refractivity contribution in [3.63, 3.8) is 0 Å². The molecule has 0 spiro atoms. The van der Waals surface area contributed by atoms with E-state index >= 15 is 0 Å². The average Bonchev–Trinajstić information content (AvgIpc) is 2.39. The minimum absolute atomic E-state index is 0.0966. The molecule has 1 aliphatic rings. The first kappa shape index (κ1) is 17.8. The standard InChI is InChI=1S/C16H31NO2S/c1-6-17-13-8-7-12(16(2,3)4)11-14(13)20-10-9-15(18)19-5/h12-14,17H,6-11H2,1-5H3. The van der Waals surface area contributed by atoms with Gasteiger partial charge in [-0.2, -0.15) is 11.8 Å². The maximum Gasteiger partial charge on any atom is 0.306 e. The first-order valence-corrected chi connectivity index (χ1v) is 8.85. The van der Waals surface area contributed by atoms with Crippen LogP contribution in [0.4, 0.5) is 0 Å². The van der Waals surface area contributed by atoms with E-state index in [0.717, 1.165) is 18.2 Å². The molecule has 1 N–H and O–H groups in total. The van der Waals surface area contributed by atoms with Crippen molar-refractivity contribution in [2.24, 2.45) is 11.3 Å². The van der Waals surface area contributed by atoms with Crippen molar-refractivity contribution in [2.75, 3.05) is 19.4 Å². The molecule has 20 heavy (non-hydrogen) atoms. The first-order chi connectivity index (χ1) is 9.38. The molecule has 0 aromatic carbocycles. The lowest BCUT2D eigenvalue weighted by atomic mass is 9.71. The van der Waals surface area contributed by atoms with Crippen molar-refractivity contribution in [3.05, 3.63) is 0 Å². The molecule has 1 saturated carbocycles. The van der Waals surface area contributed by atoms with Gasteiger partial charge in [0.25, 0.3) is 0 Å². The van der Waals surface area contributed by atoms with Gasteiger partial charge in [0, 0.05) is 17.0 Å². The van der Waals surface area contributed by atoms with Crippen molar-refractivity contribution >= 4 is 17.7 Å². The Morgan fingerprint density at radius 1 is 1.35 bits per heavy atom. The van der Waals surface area contributed by atoms with Gasteiger partial charge in [-0.3, -0.25) is 4.79 Å². The van der Waals surface area contributed by atoms with Crippen LogP contribution in [0.5, 0.6) is 0 Å². The molecule has 1 fully saturated rings. The van der Waals surface area contributed by atoms with Gasteiger partial charge in [0.1, 0.15) is 0 Å². The third-order valence-corrected chi connectivity index (χ3v) is 5.74. The van der Waals surface area contributed by atoms with Gasteiger partial charge in [0.2, 0.25) is 0 Å². The summed E-state index contributed by atoms with van der Waals surface area (Å²) in [5, 5.41) is 4.24. The quantitative estimate of drug-likeness (QED) is 0.762. The number of ether oxygens (including phenoxy) is 1. The Hall–Kier alpha value is -0.220. The number of rotatable bonds is 6. The van der Waals surface area contributed by atoms with Crippen molar-refractivity contribution in [3.8, 4) is 0 Å². The number of carbonyl (C=O) groups excluding carboxylic acids is 1. The van der Waals surface area contributed by atoms with Crippen LogP contribution in [-0.2, 0) is 9.53 Å². The predicted octanol–water partition coefficient (Wildman–Crippen LogP) is 3.48. The molecular formula is C16H31NO2S. The smallest absolute Gasteiger partial charge is 0.306 e. The fourth-order valence-corrected chi connectivity index (χ4v) is 4.41. The number of carbonyl (C=O) groups is 1. The predicted molar refractivity (Wildman–Crippen MR) is 87.1 cm³/mol. The van der Waals surface area contributed by atoms with E-state index in [1.165, 1.54) is 26.4 Å². The fraction of sp³-hybridized carbons (Fsp3) is 0.938. The van der Waals surface area contributed by atoms with Crippen LogP contribution in [0.2, 0.25) is 0 Å². The van der Waals surface area contributed by atoms with Gasteiger partial charge in [-0.1, -0.05) is 27.7 Å². The zero-order valence-electron chi connectivity index (χ0n) is 13.7. The SMILES string of the molecule is CCNC1CCC(C(C)(C)C)CC1SCCC(=O)OC.